The molecule has 0 saturated carbocycles. The summed E-state index contributed by atoms with van der Waals surface area (Å²) in [6, 6.07) is 1.11. The minimum atomic E-state index is -4.67. The third kappa shape index (κ3) is 5.62. The standard InChI is InChI=1S/C11H18N2O10P2S/c1-20-9-8(23-24(16)26)6(3-5-21-25(17,18)19)22-10(9)13-4-2-7(14)12-11(13)15/h2,4,6,8-10,24H,3,5H2,1H3,(H,16,26)(H,12,14,15)(H2,17,18,19)/t6-,8?,9+,10-/m1/s1. The van der Waals surface area contributed by atoms with Crippen LogP contribution < -0.4 is 11.2 Å². The maximum Gasteiger partial charge on any atom is 0.469 e. The van der Waals surface area contributed by atoms with Crippen LogP contribution in [0.5, 0.6) is 0 Å². The van der Waals surface area contributed by atoms with Crippen LogP contribution in [0.4, 0.5) is 0 Å². The van der Waals surface area contributed by atoms with Crippen molar-refractivity contribution in [2.24, 2.45) is 0 Å². The van der Waals surface area contributed by atoms with Gasteiger partial charge < -0.3 is 23.8 Å². The van der Waals surface area contributed by atoms with Gasteiger partial charge in [-0.1, -0.05) is 12.2 Å². The lowest BCUT2D eigenvalue weighted by Crippen LogP contribution is -2.39. The first kappa shape index (κ1) is 21.5. The van der Waals surface area contributed by atoms with Crippen LogP contribution in [-0.4, -0.2) is 51.4 Å². The van der Waals surface area contributed by atoms with Gasteiger partial charge in [0.05, 0.1) is 12.7 Å². The molecule has 148 valence electrons. The molecular formula is C11H18N2O10P2S. The highest BCUT2D eigenvalue weighted by Gasteiger charge is 2.47. The summed E-state index contributed by atoms with van der Waals surface area (Å²) in [7, 11) is -6.08. The van der Waals surface area contributed by atoms with Gasteiger partial charge in [0.1, 0.15) is 12.2 Å². The molecule has 26 heavy (non-hydrogen) atoms. The Kier molecular flexibility index (Phi) is 7.43. The minimum Gasteiger partial charge on any atom is -0.374 e. The first-order valence-corrected chi connectivity index (χ1v) is 11.4. The molecule has 0 radical (unpaired) electrons. The molecule has 1 aliphatic heterocycles. The number of hydrogen-bond acceptors (Lipinski definition) is 8. The largest absolute Gasteiger partial charge is 0.469 e. The van der Waals surface area contributed by atoms with Crippen molar-refractivity contribution in [1.82, 2.24) is 9.55 Å². The fourth-order valence-corrected chi connectivity index (χ4v) is 3.82. The maximum absolute atomic E-state index is 12.0. The summed E-state index contributed by atoms with van der Waals surface area (Å²) in [6.07, 6.45) is -2.60. The smallest absolute Gasteiger partial charge is 0.374 e. The summed E-state index contributed by atoms with van der Waals surface area (Å²) in [5.41, 5.74) is -1.35. The second kappa shape index (κ2) is 8.96. The second-order valence-electron chi connectivity index (χ2n) is 5.24. The number of H-pyrrole nitrogens is 1. The molecule has 15 heteroatoms. The number of thiol groups is 1. The lowest BCUT2D eigenvalue weighted by Gasteiger charge is -2.22. The summed E-state index contributed by atoms with van der Waals surface area (Å²) in [5, 5.41) is 0. The number of nitrogens with one attached hydrogen (secondary N) is 1. The lowest BCUT2D eigenvalue weighted by molar-refractivity contribution is -0.0562. The van der Waals surface area contributed by atoms with Crippen LogP contribution in [0.25, 0.3) is 0 Å². The lowest BCUT2D eigenvalue weighted by atomic mass is 10.1. The van der Waals surface area contributed by atoms with Crippen LogP contribution >= 0.6 is 27.3 Å². The predicted octanol–water partition coefficient (Wildman–Crippen LogP) is -0.347. The van der Waals surface area contributed by atoms with E-state index in [2.05, 4.69) is 21.8 Å². The van der Waals surface area contributed by atoms with Crippen molar-refractivity contribution in [1.29, 1.82) is 0 Å². The number of ether oxygens (including phenoxy) is 2. The molecule has 3 N–H and O–H groups in total. The average molecular weight is 432 g/mol. The Bertz CT molecular complexity index is 807. The monoisotopic (exact) mass is 432 g/mol. The molecule has 12 nitrogen and oxygen atoms in total. The van der Waals surface area contributed by atoms with Gasteiger partial charge in [-0.2, -0.15) is 0 Å². The van der Waals surface area contributed by atoms with Crippen LogP contribution in [0.3, 0.4) is 0 Å². The Labute approximate surface area is 152 Å². The van der Waals surface area contributed by atoms with Gasteiger partial charge in [-0.05, 0) is 0 Å². The van der Waals surface area contributed by atoms with E-state index in [4.69, 9.17) is 23.8 Å². The van der Waals surface area contributed by atoms with Crippen LogP contribution in [0.2, 0.25) is 0 Å². The van der Waals surface area contributed by atoms with E-state index in [-0.39, 0.29) is 13.0 Å². The van der Waals surface area contributed by atoms with Crippen molar-refractivity contribution in [3.8, 4) is 0 Å². The fraction of sp³-hybridized carbons (Fsp3) is 0.636. The molecule has 0 aromatic carbocycles. The number of aromatic nitrogens is 2. The molecule has 2 unspecified atom stereocenters. The van der Waals surface area contributed by atoms with E-state index < -0.39 is 50.8 Å². The first-order chi connectivity index (χ1) is 12.1. The Hall–Kier alpha value is -0.750. The van der Waals surface area contributed by atoms with Crippen molar-refractivity contribution in [2.45, 2.75) is 31.0 Å². The molecule has 1 aromatic heterocycles. The molecular weight excluding hydrogens is 414 g/mol. The summed E-state index contributed by atoms with van der Waals surface area (Å²) in [4.78, 5) is 42.8. The van der Waals surface area contributed by atoms with E-state index in [0.29, 0.717) is 0 Å². The maximum atomic E-state index is 12.0. The second-order valence-corrected chi connectivity index (χ2v) is 8.35. The summed E-state index contributed by atoms with van der Waals surface area (Å²) in [5.74, 6) is 0. The molecule has 2 heterocycles. The number of hydrogen-bond donors (Lipinski definition) is 4. The van der Waals surface area contributed by atoms with E-state index in [0.717, 1.165) is 10.6 Å². The number of aromatic amines is 1. The molecule has 0 aliphatic carbocycles. The van der Waals surface area contributed by atoms with Gasteiger partial charge in [0.2, 0.25) is 7.23 Å². The Morgan fingerprint density at radius 3 is 2.65 bits per heavy atom. The van der Waals surface area contributed by atoms with Crippen molar-refractivity contribution in [3.63, 3.8) is 0 Å². The van der Waals surface area contributed by atoms with E-state index in [1.54, 1.807) is 0 Å². The normalized spacial score (nSPS) is 27.5. The molecule has 0 spiro atoms. The van der Waals surface area contributed by atoms with Gasteiger partial charge in [0.25, 0.3) is 5.56 Å². The molecule has 1 aliphatic rings. The van der Waals surface area contributed by atoms with Crippen LogP contribution in [0, 0.1) is 0 Å². The molecule has 1 aromatic rings. The number of methoxy groups -OCH3 is 1. The van der Waals surface area contributed by atoms with Gasteiger partial charge in [-0.3, -0.25) is 23.4 Å². The summed E-state index contributed by atoms with van der Waals surface area (Å²) < 4.78 is 43.9. The summed E-state index contributed by atoms with van der Waals surface area (Å²) >= 11 is 3.72. The Morgan fingerprint density at radius 1 is 1.42 bits per heavy atom. The van der Waals surface area contributed by atoms with Crippen LogP contribution in [0.1, 0.15) is 12.6 Å². The van der Waals surface area contributed by atoms with E-state index in [1.807, 2.05) is 0 Å². The zero-order valence-corrected chi connectivity index (χ0v) is 16.2. The number of rotatable bonds is 8. The van der Waals surface area contributed by atoms with E-state index >= 15 is 0 Å². The van der Waals surface area contributed by atoms with Crippen LogP contribution in [-0.2, 0) is 27.7 Å². The van der Waals surface area contributed by atoms with E-state index in [1.165, 1.54) is 13.3 Å². The SMILES string of the molecule is CO[C@H]1C(O[PH](=O)S)[C@@H](CCOP(=O)(O)O)O[C@H]1n1ccc(=O)[nH]c1=O. The first-order valence-electron chi connectivity index (χ1n) is 7.22. The fourth-order valence-electron chi connectivity index (χ4n) is 2.59. The van der Waals surface area contributed by atoms with Crippen molar-refractivity contribution in [3.05, 3.63) is 33.1 Å². The number of nitrogens with zero attached hydrogens (tertiary/aromatic N) is 1. The molecule has 2 rings (SSSR count). The molecule has 5 atom stereocenters. The molecule has 0 bridgehead atoms. The van der Waals surface area contributed by atoms with Crippen molar-refractivity contribution < 1.29 is 37.4 Å². The van der Waals surface area contributed by atoms with Crippen molar-refractivity contribution >= 4 is 27.3 Å². The number of phosphoric ester groups is 1. The van der Waals surface area contributed by atoms with Gasteiger partial charge >= 0.3 is 13.5 Å². The zero-order valence-electron chi connectivity index (χ0n) is 13.4. The topological polar surface area (TPSA) is 166 Å². The number of phosphoric acid groups is 1. The quantitative estimate of drug-likeness (QED) is 0.315. The van der Waals surface area contributed by atoms with Crippen LogP contribution in [0.15, 0.2) is 21.9 Å². The van der Waals surface area contributed by atoms with E-state index in [9.17, 15) is 18.7 Å². The highest BCUT2D eigenvalue weighted by Crippen LogP contribution is 2.42. The molecule has 1 fully saturated rings. The Balaban J connectivity index is 2.26. The zero-order chi connectivity index (χ0) is 19.5. The molecule has 1 saturated heterocycles. The van der Waals surface area contributed by atoms with Gasteiger partial charge in [-0.15, -0.1) is 0 Å². The predicted molar refractivity (Wildman–Crippen MR) is 91.5 cm³/mol. The average Bonchev–Trinajstić information content (AvgIpc) is 2.83. The third-order valence-corrected chi connectivity index (χ3v) is 4.89. The van der Waals surface area contributed by atoms with Gasteiger partial charge in [0.15, 0.2) is 6.23 Å². The minimum absolute atomic E-state index is 0.0484. The summed E-state index contributed by atoms with van der Waals surface area (Å²) in [6.45, 7) is -0.383. The highest BCUT2D eigenvalue weighted by atomic mass is 32.7. The Morgan fingerprint density at radius 2 is 2.12 bits per heavy atom. The molecule has 0 amide bonds. The van der Waals surface area contributed by atoms with Crippen molar-refractivity contribution in [2.75, 3.05) is 13.7 Å². The highest BCUT2D eigenvalue weighted by molar-refractivity contribution is 8.39. The third-order valence-electron chi connectivity index (χ3n) is 3.58. The van der Waals surface area contributed by atoms with Gasteiger partial charge in [0, 0.05) is 25.8 Å². The van der Waals surface area contributed by atoms with Gasteiger partial charge in [-0.25, -0.2) is 9.36 Å².